The van der Waals surface area contributed by atoms with Crippen LogP contribution in [0.4, 0.5) is 0 Å². The molecule has 0 aliphatic heterocycles. The van der Waals surface area contributed by atoms with E-state index >= 15 is 0 Å². The molecule has 1 aliphatic rings. The Kier molecular flexibility index (Phi) is 8.12. The van der Waals surface area contributed by atoms with Crippen molar-refractivity contribution in [2.24, 2.45) is 5.92 Å². The van der Waals surface area contributed by atoms with Crippen LogP contribution < -0.4 is 0 Å². The summed E-state index contributed by atoms with van der Waals surface area (Å²) >= 11 is 0. The van der Waals surface area contributed by atoms with E-state index in [2.05, 4.69) is 6.92 Å². The van der Waals surface area contributed by atoms with E-state index in [0.717, 1.165) is 25.2 Å². The molecule has 0 atom stereocenters. The van der Waals surface area contributed by atoms with Gasteiger partial charge in [-0.2, -0.15) is 0 Å². The van der Waals surface area contributed by atoms with Gasteiger partial charge in [-0.05, 0) is 18.8 Å². The number of rotatable bonds is 11. The summed E-state index contributed by atoms with van der Waals surface area (Å²) in [6.07, 6.45) is 13.4. The van der Waals surface area contributed by atoms with Crippen molar-refractivity contribution < 1.29 is 9.53 Å². The Morgan fingerprint density at radius 1 is 1.06 bits per heavy atom. The lowest BCUT2D eigenvalue weighted by Crippen LogP contribution is -2.05. The van der Waals surface area contributed by atoms with Gasteiger partial charge in [0.1, 0.15) is 0 Å². The Hall–Kier alpha value is -0.530. The van der Waals surface area contributed by atoms with Crippen LogP contribution >= 0.6 is 0 Å². The summed E-state index contributed by atoms with van der Waals surface area (Å²) in [5.41, 5.74) is 0. The molecule has 1 aliphatic carbocycles. The van der Waals surface area contributed by atoms with Crippen LogP contribution in [0.5, 0.6) is 0 Å². The predicted molar refractivity (Wildman–Crippen MR) is 70.9 cm³/mol. The number of hydrogen-bond donors (Lipinski definition) is 0. The quantitative estimate of drug-likeness (QED) is 0.393. The van der Waals surface area contributed by atoms with Crippen molar-refractivity contribution in [3.05, 3.63) is 0 Å². The first-order chi connectivity index (χ1) is 8.33. The van der Waals surface area contributed by atoms with Gasteiger partial charge in [-0.1, -0.05) is 58.3 Å². The van der Waals surface area contributed by atoms with Gasteiger partial charge in [0.15, 0.2) is 0 Å². The van der Waals surface area contributed by atoms with Crippen LogP contribution in [0.3, 0.4) is 0 Å². The van der Waals surface area contributed by atoms with Gasteiger partial charge in [-0.3, -0.25) is 4.79 Å². The number of unbranched alkanes of at least 4 members (excludes halogenated alkanes) is 5. The standard InChI is InChI=1S/C15H28O2/c1-2-3-10-15(16)17-13-8-6-4-5-7-9-14-11-12-14/h14H,2-13H2,1H3. The van der Waals surface area contributed by atoms with Crippen molar-refractivity contribution in [3.8, 4) is 0 Å². The number of ether oxygens (including phenoxy) is 1. The van der Waals surface area contributed by atoms with Gasteiger partial charge in [-0.25, -0.2) is 0 Å². The third-order valence-electron chi connectivity index (χ3n) is 3.45. The van der Waals surface area contributed by atoms with Gasteiger partial charge >= 0.3 is 5.97 Å². The normalized spacial score (nSPS) is 14.9. The lowest BCUT2D eigenvalue weighted by molar-refractivity contribution is -0.143. The number of esters is 1. The summed E-state index contributed by atoms with van der Waals surface area (Å²) in [5, 5.41) is 0. The molecule has 1 saturated carbocycles. The maximum Gasteiger partial charge on any atom is 0.305 e. The van der Waals surface area contributed by atoms with Crippen LogP contribution in [0.25, 0.3) is 0 Å². The molecule has 1 fully saturated rings. The van der Waals surface area contributed by atoms with E-state index < -0.39 is 0 Å². The van der Waals surface area contributed by atoms with Gasteiger partial charge in [-0.15, -0.1) is 0 Å². The largest absolute Gasteiger partial charge is 0.466 e. The minimum atomic E-state index is -0.0133. The number of carbonyl (C=O) groups is 1. The molecule has 1 rings (SSSR count). The molecule has 0 radical (unpaired) electrons. The molecule has 0 amide bonds. The molecule has 0 aromatic rings. The molecule has 17 heavy (non-hydrogen) atoms. The zero-order valence-electron chi connectivity index (χ0n) is 11.4. The lowest BCUT2D eigenvalue weighted by Gasteiger charge is -2.04. The topological polar surface area (TPSA) is 26.3 Å². The second-order valence-electron chi connectivity index (χ2n) is 5.32. The highest BCUT2D eigenvalue weighted by molar-refractivity contribution is 5.69. The maximum atomic E-state index is 11.2. The average molecular weight is 240 g/mol. The number of hydrogen-bond acceptors (Lipinski definition) is 2. The molecule has 0 spiro atoms. The van der Waals surface area contributed by atoms with Crippen molar-refractivity contribution >= 4 is 5.97 Å². The van der Waals surface area contributed by atoms with Crippen LogP contribution in [-0.4, -0.2) is 12.6 Å². The predicted octanol–water partition coefficient (Wildman–Crippen LogP) is 4.47. The summed E-state index contributed by atoms with van der Waals surface area (Å²) in [6.45, 7) is 2.72. The third-order valence-corrected chi connectivity index (χ3v) is 3.45. The third kappa shape index (κ3) is 9.20. The first kappa shape index (κ1) is 14.5. The molecule has 0 bridgehead atoms. The fourth-order valence-corrected chi connectivity index (χ4v) is 2.05. The second-order valence-corrected chi connectivity index (χ2v) is 5.32. The first-order valence-electron chi connectivity index (χ1n) is 7.48. The molecule has 2 nitrogen and oxygen atoms in total. The van der Waals surface area contributed by atoms with E-state index in [-0.39, 0.29) is 5.97 Å². The minimum absolute atomic E-state index is 0.0133. The van der Waals surface area contributed by atoms with Crippen molar-refractivity contribution in [1.29, 1.82) is 0 Å². The maximum absolute atomic E-state index is 11.2. The van der Waals surface area contributed by atoms with Crippen LogP contribution in [0.15, 0.2) is 0 Å². The van der Waals surface area contributed by atoms with Gasteiger partial charge in [0, 0.05) is 6.42 Å². The molecule has 100 valence electrons. The average Bonchev–Trinajstić information content (AvgIpc) is 3.14. The molecule has 2 heteroatoms. The highest BCUT2D eigenvalue weighted by Crippen LogP contribution is 2.34. The van der Waals surface area contributed by atoms with Crippen molar-refractivity contribution in [1.82, 2.24) is 0 Å². The van der Waals surface area contributed by atoms with E-state index in [0.29, 0.717) is 13.0 Å². The second kappa shape index (κ2) is 9.49. The molecule has 0 aromatic carbocycles. The van der Waals surface area contributed by atoms with Crippen molar-refractivity contribution in [2.75, 3.05) is 6.61 Å². The van der Waals surface area contributed by atoms with Crippen molar-refractivity contribution in [2.45, 2.75) is 77.6 Å². The van der Waals surface area contributed by atoms with Gasteiger partial charge < -0.3 is 4.74 Å². The molecule has 0 saturated heterocycles. The minimum Gasteiger partial charge on any atom is -0.466 e. The Labute approximate surface area is 106 Å². The van der Waals surface area contributed by atoms with E-state index in [1.165, 1.54) is 44.9 Å². The monoisotopic (exact) mass is 240 g/mol. The van der Waals surface area contributed by atoms with Gasteiger partial charge in [0.2, 0.25) is 0 Å². The molecule has 0 heterocycles. The van der Waals surface area contributed by atoms with Crippen LogP contribution in [0.2, 0.25) is 0 Å². The Morgan fingerprint density at radius 3 is 2.47 bits per heavy atom. The molecular formula is C15H28O2. The highest BCUT2D eigenvalue weighted by atomic mass is 16.5. The summed E-state index contributed by atoms with van der Waals surface area (Å²) in [5.74, 6) is 1.06. The van der Waals surface area contributed by atoms with Crippen LogP contribution in [-0.2, 0) is 9.53 Å². The zero-order chi connectivity index (χ0) is 12.3. The van der Waals surface area contributed by atoms with Crippen molar-refractivity contribution in [3.63, 3.8) is 0 Å². The number of carbonyl (C=O) groups excluding carboxylic acids is 1. The lowest BCUT2D eigenvalue weighted by atomic mass is 10.1. The van der Waals surface area contributed by atoms with Crippen LogP contribution in [0, 0.1) is 5.92 Å². The highest BCUT2D eigenvalue weighted by Gasteiger charge is 2.19. The van der Waals surface area contributed by atoms with E-state index in [1.54, 1.807) is 0 Å². The Balaban J connectivity index is 1.72. The smallest absolute Gasteiger partial charge is 0.305 e. The fourth-order valence-electron chi connectivity index (χ4n) is 2.05. The fraction of sp³-hybridized carbons (Fsp3) is 0.933. The first-order valence-corrected chi connectivity index (χ1v) is 7.48. The Morgan fingerprint density at radius 2 is 1.76 bits per heavy atom. The molecule has 0 unspecified atom stereocenters. The SMILES string of the molecule is CCCCC(=O)OCCCCCCCC1CC1. The summed E-state index contributed by atoms with van der Waals surface area (Å²) in [7, 11) is 0. The van der Waals surface area contributed by atoms with Gasteiger partial charge in [0.05, 0.1) is 6.61 Å². The van der Waals surface area contributed by atoms with E-state index in [9.17, 15) is 4.79 Å². The Bertz CT molecular complexity index is 197. The van der Waals surface area contributed by atoms with Crippen LogP contribution in [0.1, 0.15) is 77.6 Å². The van der Waals surface area contributed by atoms with E-state index in [1.807, 2.05) is 0 Å². The molecule has 0 N–H and O–H groups in total. The summed E-state index contributed by atoms with van der Waals surface area (Å²) in [4.78, 5) is 11.2. The molecule has 0 aromatic heterocycles. The van der Waals surface area contributed by atoms with E-state index in [4.69, 9.17) is 4.74 Å². The zero-order valence-corrected chi connectivity index (χ0v) is 11.4. The van der Waals surface area contributed by atoms with Gasteiger partial charge in [0.25, 0.3) is 0 Å². The summed E-state index contributed by atoms with van der Waals surface area (Å²) < 4.78 is 5.16. The summed E-state index contributed by atoms with van der Waals surface area (Å²) in [6, 6.07) is 0. The molecular weight excluding hydrogens is 212 g/mol.